The van der Waals surface area contributed by atoms with Gasteiger partial charge in [0.15, 0.2) is 0 Å². The van der Waals surface area contributed by atoms with Crippen LogP contribution in [0, 0.1) is 5.82 Å². The molecule has 160 valence electrons. The Balaban J connectivity index is 2.21. The summed E-state index contributed by atoms with van der Waals surface area (Å²) in [5.74, 6) is -0.241. The van der Waals surface area contributed by atoms with Gasteiger partial charge in [-0.15, -0.1) is 0 Å². The highest BCUT2D eigenvalue weighted by Gasteiger charge is 2.35. The minimum Gasteiger partial charge on any atom is -0.253 e. The van der Waals surface area contributed by atoms with Gasteiger partial charge in [0.25, 0.3) is 0 Å². The lowest BCUT2D eigenvalue weighted by atomic mass is 9.66. The molecule has 0 bridgehead atoms. The van der Waals surface area contributed by atoms with Crippen molar-refractivity contribution in [1.82, 2.24) is 4.98 Å². The van der Waals surface area contributed by atoms with Gasteiger partial charge in [0.05, 0.1) is 0 Å². The monoisotopic (exact) mass is 405 g/mol. The first-order valence-electron chi connectivity index (χ1n) is 11.8. The molecule has 30 heavy (non-hydrogen) atoms. The number of aryl methyl sites for hydroxylation is 1. The van der Waals surface area contributed by atoms with Crippen molar-refractivity contribution in [2.45, 2.75) is 84.0 Å². The molecule has 1 heterocycles. The quantitative estimate of drug-likeness (QED) is 0.312. The van der Waals surface area contributed by atoms with Gasteiger partial charge in [-0.1, -0.05) is 89.3 Å². The summed E-state index contributed by atoms with van der Waals surface area (Å²) in [5, 5.41) is 0.899. The van der Waals surface area contributed by atoms with Crippen LogP contribution in [0.2, 0.25) is 0 Å². The average Bonchev–Trinajstić information content (AvgIpc) is 2.78. The summed E-state index contributed by atoms with van der Waals surface area (Å²) in [5.41, 5.74) is 4.57. The van der Waals surface area contributed by atoms with Gasteiger partial charge < -0.3 is 0 Å². The molecular formula is C28H36FN. The molecule has 3 aromatic rings. The van der Waals surface area contributed by atoms with Gasteiger partial charge >= 0.3 is 0 Å². The van der Waals surface area contributed by atoms with Crippen LogP contribution in [0.3, 0.4) is 0 Å². The molecule has 0 atom stereocenters. The largest absolute Gasteiger partial charge is 0.253 e. The first-order valence-corrected chi connectivity index (χ1v) is 11.8. The second kappa shape index (κ2) is 10.7. The lowest BCUT2D eigenvalue weighted by Crippen LogP contribution is -2.30. The number of aromatic nitrogens is 1. The zero-order valence-corrected chi connectivity index (χ0v) is 18.9. The molecule has 1 aromatic heterocycles. The number of unbranched alkanes of at least 4 members (excludes halogenated alkanes) is 3. The van der Waals surface area contributed by atoms with Crippen LogP contribution >= 0.6 is 0 Å². The molecule has 2 aromatic carbocycles. The van der Waals surface area contributed by atoms with Crippen LogP contribution in [0.5, 0.6) is 0 Å². The molecule has 0 aliphatic carbocycles. The van der Waals surface area contributed by atoms with Crippen molar-refractivity contribution in [3.63, 3.8) is 0 Å². The van der Waals surface area contributed by atoms with Crippen molar-refractivity contribution in [2.75, 3.05) is 0 Å². The van der Waals surface area contributed by atoms with Crippen LogP contribution in [0.4, 0.5) is 4.39 Å². The van der Waals surface area contributed by atoms with Crippen LogP contribution in [-0.2, 0) is 11.8 Å². The molecule has 0 aliphatic heterocycles. The van der Waals surface area contributed by atoms with E-state index in [1.54, 1.807) is 6.07 Å². The molecule has 3 rings (SSSR count). The maximum Gasteiger partial charge on any atom is 0.149 e. The fourth-order valence-corrected chi connectivity index (χ4v) is 4.75. The first kappa shape index (κ1) is 22.5. The number of para-hydroxylation sites is 1. The third-order valence-corrected chi connectivity index (χ3v) is 6.46. The van der Waals surface area contributed by atoms with Crippen LogP contribution in [0.15, 0.2) is 54.7 Å². The summed E-state index contributed by atoms with van der Waals surface area (Å²) in [4.78, 5) is 4.61. The summed E-state index contributed by atoms with van der Waals surface area (Å²) in [6.07, 6.45) is 12.4. The van der Waals surface area contributed by atoms with E-state index in [2.05, 4.69) is 56.1 Å². The Labute approximate surface area is 181 Å². The van der Waals surface area contributed by atoms with Gasteiger partial charge in [-0.05, 0) is 54.5 Å². The highest BCUT2D eigenvalue weighted by Crippen LogP contribution is 2.44. The summed E-state index contributed by atoms with van der Waals surface area (Å²) < 4.78 is 14.3. The number of hydrogen-bond acceptors (Lipinski definition) is 1. The second-order valence-electron chi connectivity index (χ2n) is 8.59. The van der Waals surface area contributed by atoms with Gasteiger partial charge in [0.2, 0.25) is 0 Å². The van der Waals surface area contributed by atoms with Crippen molar-refractivity contribution in [2.24, 2.45) is 0 Å². The van der Waals surface area contributed by atoms with Gasteiger partial charge in [0.1, 0.15) is 11.3 Å². The number of nitrogens with zero attached hydrogens (tertiary/aromatic N) is 1. The Bertz CT molecular complexity index is 938. The Morgan fingerprint density at radius 2 is 1.53 bits per heavy atom. The number of hydrogen-bond donors (Lipinski definition) is 0. The van der Waals surface area contributed by atoms with E-state index < -0.39 is 0 Å². The number of pyridine rings is 1. The predicted octanol–water partition coefficient (Wildman–Crippen LogP) is 8.38. The smallest absolute Gasteiger partial charge is 0.149 e. The molecule has 0 spiro atoms. The first-order chi connectivity index (χ1) is 14.7. The van der Waals surface area contributed by atoms with E-state index >= 15 is 0 Å². The fraction of sp³-hybridized carbons (Fsp3) is 0.464. The summed E-state index contributed by atoms with van der Waals surface area (Å²) in [6, 6.07) is 16.5. The average molecular weight is 406 g/mol. The highest BCUT2D eigenvalue weighted by atomic mass is 19.1. The summed E-state index contributed by atoms with van der Waals surface area (Å²) in [7, 11) is 0. The van der Waals surface area contributed by atoms with Crippen molar-refractivity contribution in [3.8, 4) is 0 Å². The molecule has 0 saturated carbocycles. The summed E-state index contributed by atoms with van der Waals surface area (Å²) in [6.45, 7) is 6.79. The normalized spacial score (nSPS) is 11.9. The molecule has 0 fully saturated rings. The zero-order chi connectivity index (χ0) is 21.4. The molecule has 2 heteroatoms. The van der Waals surface area contributed by atoms with E-state index in [-0.39, 0.29) is 11.2 Å². The molecule has 0 amide bonds. The number of halogens is 1. The van der Waals surface area contributed by atoms with Crippen molar-refractivity contribution in [1.29, 1.82) is 0 Å². The van der Waals surface area contributed by atoms with Gasteiger partial charge in [-0.3, -0.25) is 4.98 Å². The minimum atomic E-state index is -0.241. The summed E-state index contributed by atoms with van der Waals surface area (Å²) >= 11 is 0. The van der Waals surface area contributed by atoms with Crippen LogP contribution < -0.4 is 0 Å². The Hall–Kier alpha value is -2.22. The van der Waals surface area contributed by atoms with Crippen molar-refractivity contribution >= 4 is 10.9 Å². The lowest BCUT2D eigenvalue weighted by molar-refractivity contribution is 0.402. The number of rotatable bonds is 11. The topological polar surface area (TPSA) is 12.9 Å². The van der Waals surface area contributed by atoms with E-state index in [1.807, 2.05) is 12.3 Å². The Kier molecular flexibility index (Phi) is 8.01. The zero-order valence-electron chi connectivity index (χ0n) is 18.9. The molecule has 0 unspecified atom stereocenters. The van der Waals surface area contributed by atoms with Crippen LogP contribution in [-0.4, -0.2) is 4.98 Å². The SMILES string of the molecule is CCCCc1ccccc1C(CCCC)(CCCC)c1cnc2c(F)cccc2c1. The van der Waals surface area contributed by atoms with E-state index in [0.717, 1.165) is 24.6 Å². The maximum atomic E-state index is 14.3. The van der Waals surface area contributed by atoms with E-state index in [9.17, 15) is 4.39 Å². The lowest BCUT2D eigenvalue weighted by Gasteiger charge is -2.37. The third kappa shape index (κ3) is 4.74. The maximum absolute atomic E-state index is 14.3. The second-order valence-corrected chi connectivity index (χ2v) is 8.59. The highest BCUT2D eigenvalue weighted by molar-refractivity contribution is 5.80. The van der Waals surface area contributed by atoms with Gasteiger partial charge in [-0.25, -0.2) is 4.39 Å². The predicted molar refractivity (Wildman–Crippen MR) is 127 cm³/mol. The number of benzene rings is 2. The Morgan fingerprint density at radius 1 is 0.833 bits per heavy atom. The van der Waals surface area contributed by atoms with E-state index in [1.165, 1.54) is 61.3 Å². The standard InChI is InChI=1S/C28H36FN/c1-4-7-13-22-14-10-11-16-25(22)28(18-8-5-2,19-9-6-3)24-20-23-15-12-17-26(29)27(23)30-21-24/h10-12,14-17,20-21H,4-9,13,18-19H2,1-3H3. The molecule has 0 saturated heterocycles. The van der Waals surface area contributed by atoms with E-state index in [0.29, 0.717) is 5.52 Å². The molecule has 0 aliphatic rings. The minimum absolute atomic E-state index is 0.0656. The van der Waals surface area contributed by atoms with Crippen molar-refractivity contribution < 1.29 is 4.39 Å². The fourth-order valence-electron chi connectivity index (χ4n) is 4.75. The number of fused-ring (bicyclic) bond motifs is 1. The van der Waals surface area contributed by atoms with Gasteiger partial charge in [0, 0.05) is 17.0 Å². The third-order valence-electron chi connectivity index (χ3n) is 6.46. The van der Waals surface area contributed by atoms with Crippen LogP contribution in [0.1, 0.15) is 88.8 Å². The van der Waals surface area contributed by atoms with Gasteiger partial charge in [-0.2, -0.15) is 0 Å². The van der Waals surface area contributed by atoms with E-state index in [4.69, 9.17) is 0 Å². The Morgan fingerprint density at radius 3 is 2.23 bits per heavy atom. The molecule has 0 radical (unpaired) electrons. The molecule has 0 N–H and O–H groups in total. The molecular weight excluding hydrogens is 369 g/mol. The van der Waals surface area contributed by atoms with Crippen molar-refractivity contribution in [3.05, 3.63) is 77.2 Å². The van der Waals surface area contributed by atoms with Crippen LogP contribution in [0.25, 0.3) is 10.9 Å². The molecule has 1 nitrogen and oxygen atoms in total.